The van der Waals surface area contributed by atoms with Gasteiger partial charge in [0.25, 0.3) is 0 Å². The zero-order chi connectivity index (χ0) is 21.9. The maximum Gasteiger partial charge on any atom is 0.395 e. The molecule has 2 atom stereocenters. The molecule has 11 heteroatoms. The maximum atomic E-state index is 12.7. The van der Waals surface area contributed by atoms with Crippen molar-refractivity contribution in [3.05, 3.63) is 41.2 Å². The molecule has 1 aliphatic heterocycles. The number of alkyl halides is 3. The molecule has 1 saturated heterocycles. The van der Waals surface area contributed by atoms with Gasteiger partial charge >= 0.3 is 6.18 Å². The lowest BCUT2D eigenvalue weighted by Crippen LogP contribution is -2.21. The molecule has 3 heterocycles. The van der Waals surface area contributed by atoms with Gasteiger partial charge in [-0.05, 0) is 25.3 Å². The number of imidazole rings is 1. The van der Waals surface area contributed by atoms with E-state index in [4.69, 9.17) is 27.2 Å². The van der Waals surface area contributed by atoms with Gasteiger partial charge in [-0.3, -0.25) is 0 Å². The zero-order valence-corrected chi connectivity index (χ0v) is 16.9. The number of rotatable bonds is 2. The van der Waals surface area contributed by atoms with E-state index in [-0.39, 0.29) is 22.8 Å². The maximum absolute atomic E-state index is 12.7. The summed E-state index contributed by atoms with van der Waals surface area (Å²) in [5, 5.41) is 13.0. The summed E-state index contributed by atoms with van der Waals surface area (Å²) < 4.78 is 44.6. The number of anilines is 1. The molecule has 1 aliphatic rings. The molecule has 1 aromatic carbocycles. The van der Waals surface area contributed by atoms with Gasteiger partial charge in [0.15, 0.2) is 11.0 Å². The van der Waals surface area contributed by atoms with E-state index in [9.17, 15) is 13.2 Å². The SMILES string of the molecule is CC(c1ccc(-c2nc(Cl)c3cnc(N)nn23)cc1)C(F)(F)F.OC1CCCOC1. The van der Waals surface area contributed by atoms with Crippen LogP contribution in [-0.4, -0.2) is 50.2 Å². The molecular weight excluding hydrogens is 423 g/mol. The molecule has 0 bridgehead atoms. The molecule has 1 fully saturated rings. The van der Waals surface area contributed by atoms with Crippen molar-refractivity contribution in [1.82, 2.24) is 19.6 Å². The average Bonchev–Trinajstić information content (AvgIpc) is 3.03. The van der Waals surface area contributed by atoms with Crippen LogP contribution in [0.1, 0.15) is 31.2 Å². The summed E-state index contributed by atoms with van der Waals surface area (Å²) in [6.45, 7) is 2.49. The predicted octanol–water partition coefficient (Wildman–Crippen LogP) is 3.85. The Morgan fingerprint density at radius 1 is 1.30 bits per heavy atom. The number of benzene rings is 1. The van der Waals surface area contributed by atoms with Crippen LogP contribution in [0.4, 0.5) is 19.1 Å². The number of nitrogen functional groups attached to an aromatic ring is 1. The molecule has 30 heavy (non-hydrogen) atoms. The Bertz CT molecular complexity index is 988. The topological polar surface area (TPSA) is 98.6 Å². The number of nitrogens with two attached hydrogens (primary N) is 1. The quantitative estimate of drug-likeness (QED) is 0.624. The Hall–Kier alpha value is -2.43. The highest BCUT2D eigenvalue weighted by molar-refractivity contribution is 6.32. The molecule has 162 valence electrons. The lowest BCUT2D eigenvalue weighted by atomic mass is 9.99. The molecule has 0 saturated carbocycles. The smallest absolute Gasteiger partial charge is 0.391 e. The molecule has 0 spiro atoms. The van der Waals surface area contributed by atoms with E-state index in [0.717, 1.165) is 26.4 Å². The van der Waals surface area contributed by atoms with Gasteiger partial charge in [-0.2, -0.15) is 13.2 Å². The molecule has 3 aromatic rings. The Balaban J connectivity index is 0.000000310. The lowest BCUT2D eigenvalue weighted by molar-refractivity contribution is -0.146. The summed E-state index contributed by atoms with van der Waals surface area (Å²) in [6.07, 6.45) is -1.11. The van der Waals surface area contributed by atoms with E-state index in [2.05, 4.69) is 15.1 Å². The highest BCUT2D eigenvalue weighted by Gasteiger charge is 2.36. The van der Waals surface area contributed by atoms with Crippen molar-refractivity contribution in [3.8, 4) is 11.4 Å². The van der Waals surface area contributed by atoms with Gasteiger partial charge in [0, 0.05) is 12.2 Å². The van der Waals surface area contributed by atoms with Crippen molar-refractivity contribution in [1.29, 1.82) is 0 Å². The lowest BCUT2D eigenvalue weighted by Gasteiger charge is -2.16. The van der Waals surface area contributed by atoms with E-state index in [1.807, 2.05) is 0 Å². The minimum absolute atomic E-state index is 0.0372. The second-order valence-electron chi connectivity index (χ2n) is 6.90. The van der Waals surface area contributed by atoms with Crippen molar-refractivity contribution in [2.45, 2.75) is 38.0 Å². The number of hydrogen-bond donors (Lipinski definition) is 2. The Morgan fingerprint density at radius 2 is 2.00 bits per heavy atom. The average molecular weight is 444 g/mol. The molecule has 2 aromatic heterocycles. The molecular formula is C19H21ClF3N5O2. The summed E-state index contributed by atoms with van der Waals surface area (Å²) in [4.78, 5) is 8.01. The molecule has 7 nitrogen and oxygen atoms in total. The fourth-order valence-electron chi connectivity index (χ4n) is 2.88. The summed E-state index contributed by atoms with van der Waals surface area (Å²) in [7, 11) is 0. The van der Waals surface area contributed by atoms with Gasteiger partial charge < -0.3 is 15.6 Å². The first-order valence-electron chi connectivity index (χ1n) is 9.26. The minimum atomic E-state index is -4.29. The summed E-state index contributed by atoms with van der Waals surface area (Å²) in [5.74, 6) is -1.13. The first-order chi connectivity index (χ1) is 14.2. The third kappa shape index (κ3) is 5.18. The molecule has 3 N–H and O–H groups in total. The first-order valence-corrected chi connectivity index (χ1v) is 9.64. The number of hydrogen-bond acceptors (Lipinski definition) is 6. The van der Waals surface area contributed by atoms with E-state index >= 15 is 0 Å². The molecule has 0 radical (unpaired) electrons. The Kier molecular flexibility index (Phi) is 6.79. The number of nitrogens with zero attached hydrogens (tertiary/aromatic N) is 4. The predicted molar refractivity (Wildman–Crippen MR) is 106 cm³/mol. The second-order valence-corrected chi connectivity index (χ2v) is 7.25. The number of aliphatic hydroxyl groups excluding tert-OH is 1. The highest BCUT2D eigenvalue weighted by atomic mass is 35.5. The van der Waals surface area contributed by atoms with Gasteiger partial charge in [-0.25, -0.2) is 14.5 Å². The van der Waals surface area contributed by atoms with Crippen LogP contribution in [0.15, 0.2) is 30.5 Å². The van der Waals surface area contributed by atoms with Crippen molar-refractivity contribution in [2.75, 3.05) is 18.9 Å². The monoisotopic (exact) mass is 443 g/mol. The summed E-state index contributed by atoms with van der Waals surface area (Å²) >= 11 is 6.02. The van der Waals surface area contributed by atoms with Crippen LogP contribution in [0.2, 0.25) is 5.15 Å². The van der Waals surface area contributed by atoms with Gasteiger partial charge in [0.05, 0.1) is 24.8 Å². The highest BCUT2D eigenvalue weighted by Crippen LogP contribution is 2.35. The van der Waals surface area contributed by atoms with Crippen molar-refractivity contribution in [2.24, 2.45) is 0 Å². The van der Waals surface area contributed by atoms with Crippen LogP contribution >= 0.6 is 11.6 Å². The third-order valence-electron chi connectivity index (χ3n) is 4.66. The molecule has 2 unspecified atom stereocenters. The molecule has 0 amide bonds. The van der Waals surface area contributed by atoms with E-state index < -0.39 is 12.1 Å². The number of halogens is 4. The van der Waals surface area contributed by atoms with E-state index in [0.29, 0.717) is 23.5 Å². The Morgan fingerprint density at radius 3 is 2.53 bits per heavy atom. The largest absolute Gasteiger partial charge is 0.395 e. The van der Waals surface area contributed by atoms with Crippen LogP contribution < -0.4 is 5.73 Å². The normalized spacial score (nSPS) is 18.0. The standard InChI is InChI=1S/C14H11ClF3N5.C5H10O2/c1-7(14(16,17)18)8-2-4-9(5-3-8)12-21-11(15)10-6-20-13(19)22-23(10)12;6-5-2-1-3-7-4-5/h2-7H,1H3,(H2,19,22);5-6H,1-4H2. The second kappa shape index (κ2) is 9.15. The van der Waals surface area contributed by atoms with Crippen molar-refractivity contribution >= 4 is 23.1 Å². The van der Waals surface area contributed by atoms with Crippen LogP contribution in [0.25, 0.3) is 16.9 Å². The summed E-state index contributed by atoms with van der Waals surface area (Å²) in [6, 6.07) is 5.90. The van der Waals surface area contributed by atoms with Crippen molar-refractivity contribution < 1.29 is 23.0 Å². The zero-order valence-electron chi connectivity index (χ0n) is 16.1. The van der Waals surface area contributed by atoms with E-state index in [1.165, 1.54) is 22.8 Å². The van der Waals surface area contributed by atoms with Crippen LogP contribution in [0.3, 0.4) is 0 Å². The van der Waals surface area contributed by atoms with Gasteiger partial charge in [-0.1, -0.05) is 35.9 Å². The van der Waals surface area contributed by atoms with Gasteiger partial charge in [-0.15, -0.1) is 5.10 Å². The van der Waals surface area contributed by atoms with Gasteiger partial charge in [0.1, 0.15) is 5.52 Å². The van der Waals surface area contributed by atoms with Crippen molar-refractivity contribution in [3.63, 3.8) is 0 Å². The van der Waals surface area contributed by atoms with Crippen LogP contribution in [-0.2, 0) is 4.74 Å². The van der Waals surface area contributed by atoms with E-state index in [1.54, 1.807) is 12.1 Å². The van der Waals surface area contributed by atoms with Gasteiger partial charge in [0.2, 0.25) is 5.95 Å². The first kappa shape index (κ1) is 22.3. The minimum Gasteiger partial charge on any atom is -0.391 e. The molecule has 4 rings (SSSR count). The fourth-order valence-corrected chi connectivity index (χ4v) is 3.09. The number of fused-ring (bicyclic) bond motifs is 1. The number of aliphatic hydroxyl groups is 1. The van der Waals surface area contributed by atoms with Crippen LogP contribution in [0, 0.1) is 0 Å². The summed E-state index contributed by atoms with van der Waals surface area (Å²) in [5.41, 5.74) is 6.76. The number of ether oxygens (including phenoxy) is 1. The number of aromatic nitrogens is 4. The Labute approximate surface area is 175 Å². The third-order valence-corrected chi connectivity index (χ3v) is 4.94. The fraction of sp³-hybridized carbons (Fsp3) is 0.421. The molecule has 0 aliphatic carbocycles. The van der Waals surface area contributed by atoms with Crippen LogP contribution in [0.5, 0.6) is 0 Å².